The second-order valence-corrected chi connectivity index (χ2v) is 6.20. The fourth-order valence-electron chi connectivity index (χ4n) is 2.08. The van der Waals surface area contributed by atoms with E-state index in [4.69, 9.17) is 0 Å². The van der Waals surface area contributed by atoms with E-state index in [0.717, 1.165) is 23.4 Å². The Morgan fingerprint density at radius 3 is 2.82 bits per heavy atom. The van der Waals surface area contributed by atoms with Crippen LogP contribution in [-0.2, 0) is 17.6 Å². The minimum absolute atomic E-state index is 0.112. The van der Waals surface area contributed by atoms with Gasteiger partial charge in [0, 0.05) is 12.8 Å². The van der Waals surface area contributed by atoms with Crippen LogP contribution in [0, 0.1) is 0 Å². The fraction of sp³-hybridized carbons (Fsp3) is 0.438. The van der Waals surface area contributed by atoms with Gasteiger partial charge in [0.1, 0.15) is 10.8 Å². The van der Waals surface area contributed by atoms with Gasteiger partial charge in [0.2, 0.25) is 11.0 Å². The van der Waals surface area contributed by atoms with E-state index in [0.29, 0.717) is 18.0 Å². The first kappa shape index (κ1) is 16.4. The van der Waals surface area contributed by atoms with Crippen molar-refractivity contribution in [2.45, 2.75) is 45.4 Å². The second kappa shape index (κ2) is 8.48. The molecule has 2 aromatic rings. The van der Waals surface area contributed by atoms with Crippen LogP contribution in [0.2, 0.25) is 0 Å². The Morgan fingerprint density at radius 1 is 1.23 bits per heavy atom. The van der Waals surface area contributed by atoms with Crippen LogP contribution in [-0.4, -0.2) is 21.2 Å². The number of amides is 1. The van der Waals surface area contributed by atoms with E-state index in [9.17, 15) is 9.90 Å². The summed E-state index contributed by atoms with van der Waals surface area (Å²) < 4.78 is 0. The summed E-state index contributed by atoms with van der Waals surface area (Å²) in [5.41, 5.74) is 0.773. The standard InChI is InChI=1S/C16H21N3O2S/c1-2-3-4-9-15-18-19-16(22-15)17-14(21)11-10-12-7-5-6-8-13(12)20/h5-8,20H,2-4,9-11H2,1H3,(H,17,19,21). The first-order valence-electron chi connectivity index (χ1n) is 7.58. The summed E-state index contributed by atoms with van der Waals surface area (Å²) in [7, 11) is 0. The predicted octanol–water partition coefficient (Wildman–Crippen LogP) is 3.55. The molecule has 0 unspecified atom stereocenters. The van der Waals surface area contributed by atoms with Crippen LogP contribution in [0.4, 0.5) is 5.13 Å². The van der Waals surface area contributed by atoms with Crippen LogP contribution in [0.25, 0.3) is 0 Å². The smallest absolute Gasteiger partial charge is 0.226 e. The number of nitrogens with zero attached hydrogens (tertiary/aromatic N) is 2. The Morgan fingerprint density at radius 2 is 2.05 bits per heavy atom. The predicted molar refractivity (Wildman–Crippen MR) is 88.2 cm³/mol. The molecule has 1 amide bonds. The largest absolute Gasteiger partial charge is 0.508 e. The third-order valence-corrected chi connectivity index (χ3v) is 4.22. The zero-order valence-corrected chi connectivity index (χ0v) is 13.5. The average Bonchev–Trinajstić information content (AvgIpc) is 2.94. The van der Waals surface area contributed by atoms with E-state index in [1.807, 2.05) is 12.1 Å². The molecule has 0 atom stereocenters. The van der Waals surface area contributed by atoms with Crippen molar-refractivity contribution in [1.29, 1.82) is 0 Å². The normalized spacial score (nSPS) is 10.6. The summed E-state index contributed by atoms with van der Waals surface area (Å²) in [4.78, 5) is 11.9. The molecule has 5 nitrogen and oxygen atoms in total. The lowest BCUT2D eigenvalue weighted by molar-refractivity contribution is -0.116. The number of aromatic hydroxyl groups is 1. The molecule has 0 saturated carbocycles. The molecule has 0 aliphatic heterocycles. The van der Waals surface area contributed by atoms with Gasteiger partial charge in [0.05, 0.1) is 0 Å². The summed E-state index contributed by atoms with van der Waals surface area (Å²) in [6.07, 6.45) is 5.19. The molecule has 6 heteroatoms. The average molecular weight is 319 g/mol. The number of unbranched alkanes of at least 4 members (excludes halogenated alkanes) is 2. The van der Waals surface area contributed by atoms with Crippen LogP contribution in [0.3, 0.4) is 0 Å². The minimum Gasteiger partial charge on any atom is -0.508 e. The Kier molecular flexibility index (Phi) is 6.33. The molecule has 0 radical (unpaired) electrons. The van der Waals surface area contributed by atoms with Crippen molar-refractivity contribution in [2.75, 3.05) is 5.32 Å². The van der Waals surface area contributed by atoms with E-state index in [-0.39, 0.29) is 11.7 Å². The summed E-state index contributed by atoms with van der Waals surface area (Å²) in [6, 6.07) is 7.06. The van der Waals surface area contributed by atoms with Crippen LogP contribution in [0.1, 0.15) is 43.2 Å². The van der Waals surface area contributed by atoms with Crippen molar-refractivity contribution in [3.05, 3.63) is 34.8 Å². The number of nitrogens with one attached hydrogen (secondary N) is 1. The first-order valence-corrected chi connectivity index (χ1v) is 8.39. The number of aromatic nitrogens is 2. The Bertz CT molecular complexity index is 613. The number of carbonyl (C=O) groups is 1. The van der Waals surface area contributed by atoms with E-state index in [2.05, 4.69) is 22.4 Å². The molecule has 22 heavy (non-hydrogen) atoms. The van der Waals surface area contributed by atoms with E-state index in [1.54, 1.807) is 12.1 Å². The van der Waals surface area contributed by atoms with Crippen LogP contribution < -0.4 is 5.32 Å². The maximum atomic E-state index is 11.9. The zero-order valence-electron chi connectivity index (χ0n) is 12.7. The number of hydrogen-bond acceptors (Lipinski definition) is 5. The van der Waals surface area contributed by atoms with Crippen LogP contribution in [0.15, 0.2) is 24.3 Å². The maximum absolute atomic E-state index is 11.9. The molecular formula is C16H21N3O2S. The first-order chi connectivity index (χ1) is 10.7. The molecule has 0 fully saturated rings. The number of benzene rings is 1. The number of phenolic OH excluding ortho intramolecular Hbond substituents is 1. The van der Waals surface area contributed by atoms with Gasteiger partial charge in [0.15, 0.2) is 0 Å². The molecule has 118 valence electrons. The SMILES string of the molecule is CCCCCc1nnc(NC(=O)CCc2ccccc2O)s1. The lowest BCUT2D eigenvalue weighted by Crippen LogP contribution is -2.12. The Labute approximate surface area is 134 Å². The highest BCUT2D eigenvalue weighted by atomic mass is 32.1. The Hall–Kier alpha value is -1.95. The van der Waals surface area contributed by atoms with Crippen molar-refractivity contribution in [2.24, 2.45) is 0 Å². The highest BCUT2D eigenvalue weighted by Gasteiger charge is 2.09. The lowest BCUT2D eigenvalue weighted by Gasteiger charge is -2.03. The fourth-order valence-corrected chi connectivity index (χ4v) is 2.88. The van der Waals surface area contributed by atoms with E-state index in [1.165, 1.54) is 24.2 Å². The van der Waals surface area contributed by atoms with Gasteiger partial charge >= 0.3 is 0 Å². The molecule has 1 heterocycles. The van der Waals surface area contributed by atoms with Gasteiger partial charge in [-0.15, -0.1) is 10.2 Å². The number of para-hydroxylation sites is 1. The van der Waals surface area contributed by atoms with Crippen molar-refractivity contribution in [1.82, 2.24) is 10.2 Å². The molecule has 0 saturated heterocycles. The van der Waals surface area contributed by atoms with Crippen LogP contribution in [0.5, 0.6) is 5.75 Å². The monoisotopic (exact) mass is 319 g/mol. The third-order valence-electron chi connectivity index (χ3n) is 3.32. The summed E-state index contributed by atoms with van der Waals surface area (Å²) in [6.45, 7) is 2.16. The lowest BCUT2D eigenvalue weighted by atomic mass is 10.1. The zero-order chi connectivity index (χ0) is 15.8. The second-order valence-electron chi connectivity index (χ2n) is 5.13. The van der Waals surface area contributed by atoms with Crippen molar-refractivity contribution in [3.8, 4) is 5.75 Å². The van der Waals surface area contributed by atoms with Gasteiger partial charge in [-0.3, -0.25) is 4.79 Å². The van der Waals surface area contributed by atoms with Gasteiger partial charge in [-0.05, 0) is 24.5 Å². The molecule has 0 spiro atoms. The van der Waals surface area contributed by atoms with Crippen LogP contribution >= 0.6 is 11.3 Å². The molecular weight excluding hydrogens is 298 g/mol. The van der Waals surface area contributed by atoms with Gasteiger partial charge in [-0.2, -0.15) is 0 Å². The number of carbonyl (C=O) groups excluding carboxylic acids is 1. The highest BCUT2D eigenvalue weighted by Crippen LogP contribution is 2.19. The van der Waals surface area contributed by atoms with E-state index >= 15 is 0 Å². The number of aryl methyl sites for hydroxylation is 2. The van der Waals surface area contributed by atoms with Crippen molar-refractivity contribution < 1.29 is 9.90 Å². The number of rotatable bonds is 8. The summed E-state index contributed by atoms with van der Waals surface area (Å²) in [5, 5.41) is 22.0. The molecule has 2 N–H and O–H groups in total. The topological polar surface area (TPSA) is 75.1 Å². The maximum Gasteiger partial charge on any atom is 0.226 e. The summed E-state index contributed by atoms with van der Waals surface area (Å²) in [5.74, 6) is 0.115. The van der Waals surface area contributed by atoms with Gasteiger partial charge < -0.3 is 10.4 Å². The quantitative estimate of drug-likeness (QED) is 0.730. The van der Waals surface area contributed by atoms with Crippen molar-refractivity contribution in [3.63, 3.8) is 0 Å². The number of hydrogen-bond donors (Lipinski definition) is 2. The number of anilines is 1. The number of phenols is 1. The molecule has 2 rings (SSSR count). The van der Waals surface area contributed by atoms with Crippen molar-refractivity contribution >= 4 is 22.4 Å². The summed E-state index contributed by atoms with van der Waals surface area (Å²) >= 11 is 1.43. The molecule has 1 aromatic carbocycles. The van der Waals surface area contributed by atoms with Gasteiger partial charge in [0.25, 0.3) is 0 Å². The van der Waals surface area contributed by atoms with Gasteiger partial charge in [-0.25, -0.2) is 0 Å². The highest BCUT2D eigenvalue weighted by molar-refractivity contribution is 7.15. The van der Waals surface area contributed by atoms with Gasteiger partial charge in [-0.1, -0.05) is 49.3 Å². The minimum atomic E-state index is -0.112. The Balaban J connectivity index is 1.78. The third kappa shape index (κ3) is 5.11. The molecule has 0 bridgehead atoms. The molecule has 0 aliphatic carbocycles. The molecule has 1 aromatic heterocycles. The van der Waals surface area contributed by atoms with E-state index < -0.39 is 0 Å². The molecule has 0 aliphatic rings.